The molecule has 19 nitrogen and oxygen atoms in total. The minimum absolute atomic E-state index is 0.0291. The first-order valence-electron chi connectivity index (χ1n) is 33.7. The molecule has 0 radical (unpaired) electrons. The first-order valence-corrected chi connectivity index (χ1v) is 40.2. The van der Waals surface area contributed by atoms with Crippen LogP contribution < -0.4 is 0 Å². The van der Waals surface area contributed by atoms with Crippen molar-refractivity contribution in [2.75, 3.05) is 118 Å². The maximum absolute atomic E-state index is 13.2. The van der Waals surface area contributed by atoms with Crippen LogP contribution in [-0.2, 0) is 46.9 Å². The number of carbonyl (C=O) groups excluding carboxylic acids is 3. The molecule has 0 spiro atoms. The Hall–Kier alpha value is 0.710. The largest absolute Gasteiger partial charge is 0.354 e. The van der Waals surface area contributed by atoms with Crippen LogP contribution in [0.1, 0.15) is 204 Å². The molecule has 1 aliphatic heterocycles. The van der Waals surface area contributed by atoms with Gasteiger partial charge in [0.2, 0.25) is 0 Å². The zero-order chi connectivity index (χ0) is 67.5. The molecule has 0 bridgehead atoms. The molecule has 6 unspecified atom stereocenters. The summed E-state index contributed by atoms with van der Waals surface area (Å²) >= 11 is 3.95. The van der Waals surface area contributed by atoms with E-state index in [2.05, 4.69) is 197 Å². The topological polar surface area (TPSA) is 145 Å². The van der Waals surface area contributed by atoms with Gasteiger partial charge in [-0.1, -0.05) is 42.2 Å². The number of carbonyl (C=O) groups is 3. The highest BCUT2D eigenvalue weighted by Crippen LogP contribution is 2.54. The van der Waals surface area contributed by atoms with Crippen LogP contribution in [0, 0.1) is 5.92 Å². The van der Waals surface area contributed by atoms with Gasteiger partial charge in [-0.05, 0) is 231 Å². The first-order chi connectivity index (χ1) is 41.9. The van der Waals surface area contributed by atoms with Crippen LogP contribution in [0.2, 0.25) is 0 Å². The van der Waals surface area contributed by atoms with Crippen molar-refractivity contribution in [3.63, 3.8) is 0 Å². The van der Waals surface area contributed by atoms with Crippen molar-refractivity contribution in [3.05, 3.63) is 0 Å². The second-order valence-electron chi connectivity index (χ2n) is 26.6. The Bertz CT molecular complexity index is 1820. The average molecular weight is 1380 g/mol. The molecule has 25 heteroatoms. The van der Waals surface area contributed by atoms with Crippen molar-refractivity contribution in [3.8, 4) is 0 Å². The Balaban J connectivity index is 2.87. The van der Waals surface area contributed by atoms with Gasteiger partial charge < -0.3 is 47.2 Å². The van der Waals surface area contributed by atoms with Gasteiger partial charge in [0.25, 0.3) is 0 Å². The Labute approximate surface area is 562 Å². The van der Waals surface area contributed by atoms with E-state index in [-0.39, 0.29) is 122 Å². The average Bonchev–Trinajstić information content (AvgIpc) is 3.53. The Morgan fingerprint density at radius 1 is 0.461 bits per heavy atom. The molecule has 1 aliphatic rings. The molecule has 6 atom stereocenters. The minimum Gasteiger partial charge on any atom is -0.354 e. The summed E-state index contributed by atoms with van der Waals surface area (Å²) < 4.78 is 59.4. The van der Waals surface area contributed by atoms with Crippen LogP contribution in [0.4, 0.5) is 0 Å². The molecule has 1 saturated heterocycles. The third-order valence-electron chi connectivity index (χ3n) is 15.5. The summed E-state index contributed by atoms with van der Waals surface area (Å²) in [7, 11) is 2.54. The molecule has 89 heavy (non-hydrogen) atoms. The van der Waals surface area contributed by atoms with Crippen LogP contribution in [-0.4, -0.2) is 249 Å². The summed E-state index contributed by atoms with van der Waals surface area (Å²) in [6.07, 6.45) is 6.77. The number of ether oxygens (including phenoxy) is 4. The third kappa shape index (κ3) is 35.2. The third-order valence-corrected chi connectivity index (χ3v) is 26.9. The minimum atomic E-state index is -1.23. The maximum atomic E-state index is 13.2. The van der Waals surface area contributed by atoms with Crippen molar-refractivity contribution in [2.45, 2.75) is 276 Å². The predicted octanol–water partition coefficient (Wildman–Crippen LogP) is 14.6. The Morgan fingerprint density at radius 3 is 1.22 bits per heavy atom. The molecular weight excluding hydrogens is 1240 g/mol. The predicted molar refractivity (Wildman–Crippen MR) is 384 cm³/mol. The maximum Gasteiger partial charge on any atom is 0.192 e. The molecule has 1 rings (SSSR count). The number of piperidine rings is 1. The summed E-state index contributed by atoms with van der Waals surface area (Å²) in [6.45, 7) is 56.2. The fraction of sp³-hybridized carbons (Fsp3) is 0.953. The molecule has 1 fully saturated rings. The summed E-state index contributed by atoms with van der Waals surface area (Å²) in [5.74, 6) is 1.62. The van der Waals surface area contributed by atoms with Crippen molar-refractivity contribution in [1.82, 2.24) is 42.7 Å². The zero-order valence-corrected chi connectivity index (χ0v) is 66.1. The van der Waals surface area contributed by atoms with Crippen LogP contribution in [0.25, 0.3) is 0 Å². The fourth-order valence-electron chi connectivity index (χ4n) is 11.4. The van der Waals surface area contributed by atoms with E-state index in [4.69, 9.17) is 32.5 Å². The number of thioether (sulfide) groups is 3. The SMILES string of the molecule is CCN(CCCC(C)N(C(C)C)P(OCOCCSC(=O)C1CCN(C)CC1)N(C(C)C)C(C)C)CCC(=O)SCOCOCOP(N(C(C)C)C(C)C)N(C(C)C)C(C)CCC(C)N(C(C)C)P(OCOCCSC(=O)CCN(C)C)N(C(C)C)C(C)C. The fourth-order valence-corrected chi connectivity index (χ4v) is 20.4. The van der Waals surface area contributed by atoms with Crippen molar-refractivity contribution in [1.29, 1.82) is 0 Å². The number of hydrogen-bond acceptors (Lipinski definition) is 22. The molecule has 0 aromatic heterocycles. The number of hydrogen-bond donors (Lipinski definition) is 0. The molecule has 0 amide bonds. The second-order valence-corrected chi connectivity index (χ2v) is 34.9. The number of rotatable bonds is 52. The van der Waals surface area contributed by atoms with E-state index < -0.39 is 25.3 Å². The molecule has 1 heterocycles. The van der Waals surface area contributed by atoms with Crippen LogP contribution in [0.3, 0.4) is 0 Å². The quantitative estimate of drug-likeness (QED) is 0.0323. The molecule has 0 N–H and O–H groups in total. The van der Waals surface area contributed by atoms with E-state index in [1.165, 1.54) is 35.3 Å². The zero-order valence-electron chi connectivity index (χ0n) is 60.9. The highest BCUT2D eigenvalue weighted by molar-refractivity contribution is 8.14. The van der Waals surface area contributed by atoms with Crippen LogP contribution in [0.15, 0.2) is 0 Å². The lowest BCUT2D eigenvalue weighted by molar-refractivity contribution is -0.115. The smallest absolute Gasteiger partial charge is 0.192 e. The number of nitrogens with zero attached hydrogens (tertiary/aromatic N) is 9. The first kappa shape index (κ1) is 87.7. The van der Waals surface area contributed by atoms with Gasteiger partial charge in [-0.3, -0.25) is 14.4 Å². The summed E-state index contributed by atoms with van der Waals surface area (Å²) in [4.78, 5) is 45.1. The molecular formula is C64H134N9O10P3S3. The summed E-state index contributed by atoms with van der Waals surface area (Å²) in [5.41, 5.74) is 0. The Morgan fingerprint density at radius 2 is 0.831 bits per heavy atom. The van der Waals surface area contributed by atoms with Crippen molar-refractivity contribution >= 4 is 76.0 Å². The van der Waals surface area contributed by atoms with Gasteiger partial charge in [0.15, 0.2) is 67.9 Å². The lowest BCUT2D eigenvalue weighted by atomic mass is 9.99. The van der Waals surface area contributed by atoms with Gasteiger partial charge in [-0.15, -0.1) is 0 Å². The van der Waals surface area contributed by atoms with E-state index in [1.807, 2.05) is 19.0 Å². The van der Waals surface area contributed by atoms with E-state index in [0.29, 0.717) is 49.2 Å². The molecule has 0 aromatic rings. The highest BCUT2D eigenvalue weighted by Gasteiger charge is 2.40. The molecule has 0 aliphatic carbocycles. The molecule has 528 valence electrons. The summed E-state index contributed by atoms with van der Waals surface area (Å²) in [6, 6.07) is 2.92. The van der Waals surface area contributed by atoms with Crippen molar-refractivity contribution in [2.24, 2.45) is 5.92 Å². The van der Waals surface area contributed by atoms with E-state index in [9.17, 15) is 14.4 Å². The van der Waals surface area contributed by atoms with Gasteiger partial charge in [0.1, 0.15) is 5.94 Å². The second kappa shape index (κ2) is 49.3. The lowest BCUT2D eigenvalue weighted by Gasteiger charge is -2.47. The Kier molecular flexibility index (Phi) is 48.5. The van der Waals surface area contributed by atoms with Gasteiger partial charge in [0.05, 0.1) is 13.2 Å². The monoisotopic (exact) mass is 1380 g/mol. The van der Waals surface area contributed by atoms with E-state index in [1.54, 1.807) is 0 Å². The van der Waals surface area contributed by atoms with E-state index >= 15 is 0 Å². The van der Waals surface area contributed by atoms with Gasteiger partial charge >= 0.3 is 0 Å². The van der Waals surface area contributed by atoms with Crippen LogP contribution in [0.5, 0.6) is 0 Å². The molecule has 0 aromatic carbocycles. The van der Waals surface area contributed by atoms with E-state index in [0.717, 1.165) is 71.2 Å². The van der Waals surface area contributed by atoms with Crippen LogP contribution >= 0.6 is 60.6 Å². The van der Waals surface area contributed by atoms with Gasteiger partial charge in [0, 0.05) is 116 Å². The molecule has 0 saturated carbocycles. The standard InChI is InChI=1S/C64H134N9O10P3S3/c1-26-67(35-27-28-58(20)71(55(14)15)84(68(49(2)3)50(4)5)81-46-78-41-43-88-64(76)61-31-37-66(25)38-32-61)39-34-63(75)89-48-80-44-79-47-83-86(70(53(10)11)54(12)13)73(57(18)19)60(22)30-29-59(21)72(56(16)17)85(69(51(6)7)52(8)9)82-45-77-40-42-87-62(74)33-36-65(23)24/h49-61H,26-48H2,1-25H3. The van der Waals surface area contributed by atoms with Gasteiger partial charge in [-0.25, -0.2) is 28.0 Å². The lowest BCUT2D eigenvalue weighted by Crippen LogP contribution is -2.46. The summed E-state index contributed by atoms with van der Waals surface area (Å²) in [5, 5.41) is 0.593. The number of likely N-dealkylation sites (tertiary alicyclic amines) is 1. The van der Waals surface area contributed by atoms with Gasteiger partial charge in [-0.2, -0.15) is 0 Å². The highest BCUT2D eigenvalue weighted by atomic mass is 32.2. The van der Waals surface area contributed by atoms with Crippen molar-refractivity contribution < 1.29 is 46.9 Å². The normalized spacial score (nSPS) is 16.5.